The van der Waals surface area contributed by atoms with Gasteiger partial charge in [0.2, 0.25) is 5.95 Å². The van der Waals surface area contributed by atoms with Crippen molar-refractivity contribution in [3.05, 3.63) is 50.9 Å². The van der Waals surface area contributed by atoms with Crippen molar-refractivity contribution in [2.45, 2.75) is 6.92 Å². The fourth-order valence-electron chi connectivity index (χ4n) is 1.83. The molecule has 0 N–H and O–H groups in total. The number of halogens is 3. The summed E-state index contributed by atoms with van der Waals surface area (Å²) in [5.41, 5.74) is -0.327. The van der Waals surface area contributed by atoms with Gasteiger partial charge >= 0.3 is 0 Å². The number of tetrazole rings is 1. The molecule has 9 heteroatoms. The summed E-state index contributed by atoms with van der Waals surface area (Å²) in [6.07, 6.45) is 0. The highest BCUT2D eigenvalue weighted by Crippen LogP contribution is 2.22. The fourth-order valence-corrected chi connectivity index (χ4v) is 1.98. The van der Waals surface area contributed by atoms with Gasteiger partial charge in [-0.3, -0.25) is 4.79 Å². The van der Waals surface area contributed by atoms with Crippen LogP contribution >= 0.6 is 11.6 Å². The van der Waals surface area contributed by atoms with Gasteiger partial charge in [-0.25, -0.2) is 8.96 Å². The third-order valence-corrected chi connectivity index (χ3v) is 3.19. The molecule has 0 radical (unpaired) electrons. The summed E-state index contributed by atoms with van der Waals surface area (Å²) in [6, 6.07) is 3.11. The van der Waals surface area contributed by atoms with Crippen molar-refractivity contribution in [1.82, 2.24) is 24.6 Å². The third kappa shape index (κ3) is 1.76. The average molecular weight is 298 g/mol. The van der Waals surface area contributed by atoms with E-state index in [1.165, 1.54) is 6.07 Å². The second-order valence-corrected chi connectivity index (χ2v) is 4.49. The third-order valence-electron chi connectivity index (χ3n) is 2.79. The molecule has 0 aliphatic carbocycles. The summed E-state index contributed by atoms with van der Waals surface area (Å²) >= 11 is 5.80. The lowest BCUT2D eigenvalue weighted by atomic mass is 10.2. The molecule has 0 aliphatic heterocycles. The number of rotatable bonds is 1. The van der Waals surface area contributed by atoms with E-state index in [0.29, 0.717) is 16.1 Å². The molecule has 0 aliphatic rings. The first kappa shape index (κ1) is 12.7. The fraction of sp³-hybridized carbons (Fsp3) is 0.0909. The van der Waals surface area contributed by atoms with Crippen molar-refractivity contribution >= 4 is 17.4 Å². The predicted octanol–water partition coefficient (Wildman–Crippen LogP) is 1.52. The average Bonchev–Trinajstić information content (AvgIpc) is 2.84. The molecule has 0 unspecified atom stereocenters. The quantitative estimate of drug-likeness (QED) is 0.639. The topological polar surface area (TPSA) is 65.1 Å². The van der Waals surface area contributed by atoms with Crippen molar-refractivity contribution in [1.29, 1.82) is 0 Å². The van der Waals surface area contributed by atoms with Crippen LogP contribution in [-0.4, -0.2) is 24.6 Å². The monoisotopic (exact) mass is 297 g/mol. The molecule has 0 bridgehead atoms. The van der Waals surface area contributed by atoms with E-state index in [0.717, 1.165) is 10.6 Å². The molecule has 3 aromatic rings. The molecule has 0 fully saturated rings. The molecular formula is C11H6ClF2N5O. The summed E-state index contributed by atoms with van der Waals surface area (Å²) in [5, 5.41) is 10.4. The van der Waals surface area contributed by atoms with Crippen LogP contribution in [0.5, 0.6) is 0 Å². The maximum absolute atomic E-state index is 14.0. The van der Waals surface area contributed by atoms with Gasteiger partial charge < -0.3 is 0 Å². The SMILES string of the molecule is Cc1cc(-n2c(=O)cc(F)n3nnnc23)c(F)cc1Cl. The van der Waals surface area contributed by atoms with Crippen LogP contribution in [0.15, 0.2) is 23.0 Å². The van der Waals surface area contributed by atoms with E-state index in [4.69, 9.17) is 11.6 Å². The Hall–Kier alpha value is -2.35. The smallest absolute Gasteiger partial charge is 0.264 e. The van der Waals surface area contributed by atoms with Crippen LogP contribution in [0.25, 0.3) is 11.5 Å². The standard InChI is InChI=1S/C11H6ClF2N5O/c1-5-2-8(7(13)3-6(5)12)18-10(20)4-9(14)19-11(18)15-16-17-19/h2-4H,1H3. The largest absolute Gasteiger partial charge is 0.269 e. The first-order valence-electron chi connectivity index (χ1n) is 5.44. The lowest BCUT2D eigenvalue weighted by molar-refractivity contribution is 0.526. The Balaban J connectivity index is 2.44. The molecule has 20 heavy (non-hydrogen) atoms. The molecule has 0 atom stereocenters. The molecule has 0 spiro atoms. The molecular weight excluding hydrogens is 292 g/mol. The minimum absolute atomic E-state index is 0.100. The molecule has 102 valence electrons. The number of hydrogen-bond acceptors (Lipinski definition) is 4. The normalized spacial score (nSPS) is 11.2. The van der Waals surface area contributed by atoms with Crippen molar-refractivity contribution < 1.29 is 8.78 Å². The van der Waals surface area contributed by atoms with Crippen LogP contribution in [0.3, 0.4) is 0 Å². The zero-order valence-corrected chi connectivity index (χ0v) is 10.8. The van der Waals surface area contributed by atoms with Crippen LogP contribution < -0.4 is 5.56 Å². The molecule has 0 saturated heterocycles. The van der Waals surface area contributed by atoms with E-state index < -0.39 is 17.3 Å². The van der Waals surface area contributed by atoms with Crippen LogP contribution in [0, 0.1) is 18.7 Å². The van der Waals surface area contributed by atoms with Crippen molar-refractivity contribution in [2.24, 2.45) is 0 Å². The Bertz CT molecular complexity index is 888. The molecule has 0 saturated carbocycles. The molecule has 6 nitrogen and oxygen atoms in total. The van der Waals surface area contributed by atoms with Gasteiger partial charge in [0.1, 0.15) is 5.82 Å². The Labute approximate surface area is 115 Å². The molecule has 2 aromatic heterocycles. The minimum Gasteiger partial charge on any atom is -0.269 e. The van der Waals surface area contributed by atoms with E-state index in [-0.39, 0.29) is 16.5 Å². The Morgan fingerprint density at radius 3 is 2.75 bits per heavy atom. The van der Waals surface area contributed by atoms with Gasteiger partial charge in [-0.1, -0.05) is 16.7 Å². The number of fused-ring (bicyclic) bond motifs is 1. The second-order valence-electron chi connectivity index (χ2n) is 4.08. The van der Waals surface area contributed by atoms with Gasteiger partial charge in [0, 0.05) is 5.02 Å². The second kappa shape index (κ2) is 4.34. The van der Waals surface area contributed by atoms with Crippen LogP contribution in [0.2, 0.25) is 5.02 Å². The van der Waals surface area contributed by atoms with Crippen molar-refractivity contribution in [3.8, 4) is 5.69 Å². The lowest BCUT2D eigenvalue weighted by Gasteiger charge is -2.09. The number of benzene rings is 1. The number of hydrogen-bond donors (Lipinski definition) is 0. The summed E-state index contributed by atoms with van der Waals surface area (Å²) in [6.45, 7) is 1.65. The first-order valence-corrected chi connectivity index (χ1v) is 5.82. The number of nitrogens with zero attached hydrogens (tertiary/aromatic N) is 5. The Morgan fingerprint density at radius 1 is 1.25 bits per heavy atom. The molecule has 2 heterocycles. The van der Waals surface area contributed by atoms with Gasteiger partial charge in [-0.05, 0) is 35.0 Å². The van der Waals surface area contributed by atoms with E-state index in [2.05, 4.69) is 15.5 Å². The molecule has 3 rings (SSSR count). The highest BCUT2D eigenvalue weighted by atomic mass is 35.5. The molecule has 1 aromatic carbocycles. The van der Waals surface area contributed by atoms with E-state index in [1.807, 2.05) is 0 Å². The zero-order valence-electron chi connectivity index (χ0n) is 10.0. The van der Waals surface area contributed by atoms with Gasteiger partial charge in [0.05, 0.1) is 11.8 Å². The Morgan fingerprint density at radius 2 is 2.00 bits per heavy atom. The maximum atomic E-state index is 14.0. The number of aromatic nitrogens is 5. The summed E-state index contributed by atoms with van der Waals surface area (Å²) in [5.74, 6) is -1.90. The minimum atomic E-state index is -0.933. The molecule has 0 amide bonds. The lowest BCUT2D eigenvalue weighted by Crippen LogP contribution is -2.23. The van der Waals surface area contributed by atoms with E-state index in [1.54, 1.807) is 6.92 Å². The highest BCUT2D eigenvalue weighted by Gasteiger charge is 2.17. The summed E-state index contributed by atoms with van der Waals surface area (Å²) in [7, 11) is 0. The van der Waals surface area contributed by atoms with Crippen LogP contribution in [-0.2, 0) is 0 Å². The van der Waals surface area contributed by atoms with Gasteiger partial charge in [0.25, 0.3) is 11.3 Å². The van der Waals surface area contributed by atoms with Gasteiger partial charge in [-0.2, -0.15) is 4.39 Å². The van der Waals surface area contributed by atoms with Crippen molar-refractivity contribution in [3.63, 3.8) is 0 Å². The zero-order chi connectivity index (χ0) is 14.4. The van der Waals surface area contributed by atoms with Gasteiger partial charge in [-0.15, -0.1) is 4.52 Å². The predicted molar refractivity (Wildman–Crippen MR) is 66.0 cm³/mol. The first-order chi connectivity index (χ1) is 9.49. The van der Waals surface area contributed by atoms with E-state index >= 15 is 0 Å². The Kier molecular flexibility index (Phi) is 2.75. The summed E-state index contributed by atoms with van der Waals surface area (Å²) in [4.78, 5) is 11.9. The van der Waals surface area contributed by atoms with Gasteiger partial charge in [0.15, 0.2) is 0 Å². The summed E-state index contributed by atoms with van der Waals surface area (Å²) < 4.78 is 29.1. The van der Waals surface area contributed by atoms with Crippen molar-refractivity contribution in [2.75, 3.05) is 0 Å². The van der Waals surface area contributed by atoms with Crippen LogP contribution in [0.1, 0.15) is 5.56 Å². The highest BCUT2D eigenvalue weighted by molar-refractivity contribution is 6.31. The maximum Gasteiger partial charge on any atom is 0.264 e. The van der Waals surface area contributed by atoms with Crippen LogP contribution in [0.4, 0.5) is 8.78 Å². The van der Waals surface area contributed by atoms with E-state index in [9.17, 15) is 13.6 Å². The number of aryl methyl sites for hydroxylation is 1.